The first kappa shape index (κ1) is 15.6. The highest BCUT2D eigenvalue weighted by atomic mass is 32.2. The van der Waals surface area contributed by atoms with E-state index < -0.39 is 17.5 Å². The summed E-state index contributed by atoms with van der Waals surface area (Å²) in [6, 6.07) is -0.955. The summed E-state index contributed by atoms with van der Waals surface area (Å²) in [6.07, 6.45) is -2.56. The summed E-state index contributed by atoms with van der Waals surface area (Å²) in [6.45, 7) is 1.35. The largest absolute Gasteiger partial charge is 0.469 e. The Hall–Kier alpha value is -0.430. The van der Waals surface area contributed by atoms with Crippen molar-refractivity contribution < 1.29 is 22.7 Å². The van der Waals surface area contributed by atoms with Crippen molar-refractivity contribution in [2.24, 2.45) is 11.1 Å². The van der Waals surface area contributed by atoms with E-state index >= 15 is 0 Å². The third kappa shape index (κ3) is 4.35. The number of halogens is 3. The maximum Gasteiger partial charge on any atom is 0.402 e. The molecule has 0 aliphatic heterocycles. The van der Waals surface area contributed by atoms with Gasteiger partial charge in [-0.1, -0.05) is 0 Å². The Morgan fingerprint density at radius 2 is 2.06 bits per heavy atom. The van der Waals surface area contributed by atoms with Gasteiger partial charge in [-0.15, -0.1) is 11.8 Å². The minimum absolute atomic E-state index is 0.194. The van der Waals surface area contributed by atoms with Crippen LogP contribution in [-0.4, -0.2) is 36.3 Å². The number of ether oxygens (including phenoxy) is 1. The topological polar surface area (TPSA) is 52.3 Å². The monoisotopic (exact) mass is 285 g/mol. The summed E-state index contributed by atoms with van der Waals surface area (Å²) < 4.78 is 42.7. The van der Waals surface area contributed by atoms with Crippen LogP contribution in [0.5, 0.6) is 0 Å². The quantitative estimate of drug-likeness (QED) is 0.761. The van der Waals surface area contributed by atoms with Crippen LogP contribution in [0.2, 0.25) is 0 Å². The predicted molar refractivity (Wildman–Crippen MR) is 64.3 cm³/mol. The van der Waals surface area contributed by atoms with Crippen molar-refractivity contribution in [1.29, 1.82) is 0 Å². The molecule has 0 heterocycles. The SMILES string of the molecule is COC(=O)CC1(CSC(C(C)N)C(F)(F)F)CC1. The van der Waals surface area contributed by atoms with E-state index in [9.17, 15) is 18.0 Å². The number of alkyl halides is 3. The van der Waals surface area contributed by atoms with Gasteiger partial charge in [0.15, 0.2) is 0 Å². The third-order valence-corrected chi connectivity index (χ3v) is 4.91. The minimum atomic E-state index is -4.31. The molecule has 1 saturated carbocycles. The Balaban J connectivity index is 2.50. The lowest BCUT2D eigenvalue weighted by Gasteiger charge is -2.25. The number of esters is 1. The maximum absolute atomic E-state index is 12.7. The highest BCUT2D eigenvalue weighted by Gasteiger charge is 2.48. The Kier molecular flexibility index (Phi) is 4.94. The Bertz CT molecular complexity index is 303. The van der Waals surface area contributed by atoms with E-state index in [2.05, 4.69) is 4.74 Å². The average Bonchev–Trinajstić information content (AvgIpc) is 2.95. The molecule has 2 unspecified atom stereocenters. The van der Waals surface area contributed by atoms with Gasteiger partial charge in [0.1, 0.15) is 5.25 Å². The number of carbonyl (C=O) groups is 1. The number of hydrogen-bond donors (Lipinski definition) is 1. The lowest BCUT2D eigenvalue weighted by molar-refractivity contribution is -0.141. The maximum atomic E-state index is 12.7. The molecule has 7 heteroatoms. The fourth-order valence-corrected chi connectivity index (χ4v) is 3.15. The molecule has 1 rings (SSSR count). The minimum Gasteiger partial charge on any atom is -0.469 e. The second-order valence-corrected chi connectivity index (χ2v) is 6.02. The van der Waals surface area contributed by atoms with Gasteiger partial charge in [0.2, 0.25) is 0 Å². The summed E-state index contributed by atoms with van der Waals surface area (Å²) in [5.41, 5.74) is 5.06. The molecule has 3 nitrogen and oxygen atoms in total. The second kappa shape index (κ2) is 5.69. The standard InChI is InChI=1S/C11H18F3NO2S/c1-7(15)9(11(12,13)14)18-6-10(3-4-10)5-8(16)17-2/h7,9H,3-6,15H2,1-2H3. The van der Waals surface area contributed by atoms with E-state index in [1.807, 2.05) is 0 Å². The molecule has 0 aromatic carbocycles. The molecule has 0 aromatic heterocycles. The van der Waals surface area contributed by atoms with Crippen LogP contribution >= 0.6 is 11.8 Å². The number of carbonyl (C=O) groups excluding carboxylic acids is 1. The molecular weight excluding hydrogens is 267 g/mol. The van der Waals surface area contributed by atoms with Gasteiger partial charge in [-0.05, 0) is 25.2 Å². The first-order chi connectivity index (χ1) is 8.20. The number of thioether (sulfide) groups is 1. The summed E-state index contributed by atoms with van der Waals surface area (Å²) >= 11 is 0.801. The average molecular weight is 285 g/mol. The third-order valence-electron chi connectivity index (χ3n) is 3.07. The lowest BCUT2D eigenvalue weighted by atomic mass is 10.1. The van der Waals surface area contributed by atoms with Gasteiger partial charge in [-0.25, -0.2) is 0 Å². The normalized spacial score (nSPS) is 21.2. The van der Waals surface area contributed by atoms with Crippen LogP contribution in [0.15, 0.2) is 0 Å². The van der Waals surface area contributed by atoms with Crippen molar-refractivity contribution in [3.05, 3.63) is 0 Å². The van der Waals surface area contributed by atoms with Crippen LogP contribution in [-0.2, 0) is 9.53 Å². The summed E-state index contributed by atoms with van der Waals surface area (Å²) in [5.74, 6) is -0.0640. The van der Waals surface area contributed by atoms with Gasteiger partial charge < -0.3 is 10.5 Å². The zero-order valence-corrected chi connectivity index (χ0v) is 11.2. The summed E-state index contributed by atoms with van der Waals surface area (Å²) in [5, 5.41) is -1.58. The van der Waals surface area contributed by atoms with Gasteiger partial charge in [0.05, 0.1) is 13.5 Å². The molecule has 106 valence electrons. The Morgan fingerprint density at radius 3 is 2.39 bits per heavy atom. The Morgan fingerprint density at radius 1 is 1.50 bits per heavy atom. The van der Waals surface area contributed by atoms with Crippen LogP contribution in [0, 0.1) is 5.41 Å². The van der Waals surface area contributed by atoms with Gasteiger partial charge in [-0.3, -0.25) is 4.79 Å². The van der Waals surface area contributed by atoms with E-state index in [-0.39, 0.29) is 17.8 Å². The first-order valence-corrected chi connectivity index (χ1v) is 6.76. The number of rotatable bonds is 6. The fourth-order valence-electron chi connectivity index (χ4n) is 1.74. The molecule has 18 heavy (non-hydrogen) atoms. The van der Waals surface area contributed by atoms with E-state index in [1.165, 1.54) is 14.0 Å². The number of methoxy groups -OCH3 is 1. The van der Waals surface area contributed by atoms with Gasteiger partial charge >= 0.3 is 12.1 Å². The first-order valence-electron chi connectivity index (χ1n) is 5.71. The molecule has 0 saturated heterocycles. The van der Waals surface area contributed by atoms with Crippen molar-refractivity contribution >= 4 is 17.7 Å². The van der Waals surface area contributed by atoms with Gasteiger partial charge in [0, 0.05) is 11.8 Å². The van der Waals surface area contributed by atoms with Crippen molar-refractivity contribution in [1.82, 2.24) is 0 Å². The van der Waals surface area contributed by atoms with Crippen molar-refractivity contribution in [3.8, 4) is 0 Å². The molecular formula is C11H18F3NO2S. The van der Waals surface area contributed by atoms with Crippen LogP contribution in [0.4, 0.5) is 13.2 Å². The van der Waals surface area contributed by atoms with Crippen LogP contribution in [0.1, 0.15) is 26.2 Å². The molecule has 0 aromatic rings. The number of hydrogen-bond acceptors (Lipinski definition) is 4. The van der Waals surface area contributed by atoms with Crippen LogP contribution < -0.4 is 5.73 Å². The van der Waals surface area contributed by atoms with Crippen molar-refractivity contribution in [2.75, 3.05) is 12.9 Å². The molecule has 1 aliphatic carbocycles. The van der Waals surface area contributed by atoms with Crippen molar-refractivity contribution in [3.63, 3.8) is 0 Å². The van der Waals surface area contributed by atoms with E-state index in [1.54, 1.807) is 0 Å². The lowest BCUT2D eigenvalue weighted by Crippen LogP contribution is -2.41. The smallest absolute Gasteiger partial charge is 0.402 e. The van der Waals surface area contributed by atoms with Crippen molar-refractivity contribution in [2.45, 2.75) is 43.7 Å². The molecule has 1 aliphatic rings. The van der Waals surface area contributed by atoms with E-state index in [0.717, 1.165) is 24.6 Å². The number of nitrogens with two attached hydrogens (primary N) is 1. The molecule has 0 bridgehead atoms. The highest BCUT2D eigenvalue weighted by molar-refractivity contribution is 8.00. The van der Waals surface area contributed by atoms with Crippen LogP contribution in [0.25, 0.3) is 0 Å². The zero-order valence-electron chi connectivity index (χ0n) is 10.4. The molecule has 0 amide bonds. The summed E-state index contributed by atoms with van der Waals surface area (Å²) in [4.78, 5) is 11.2. The molecule has 0 spiro atoms. The molecule has 1 fully saturated rings. The zero-order chi connectivity index (χ0) is 14.0. The Labute approximate surface area is 109 Å². The fraction of sp³-hybridized carbons (Fsp3) is 0.909. The highest BCUT2D eigenvalue weighted by Crippen LogP contribution is 2.52. The molecule has 2 atom stereocenters. The van der Waals surface area contributed by atoms with Gasteiger partial charge in [-0.2, -0.15) is 13.2 Å². The molecule has 0 radical (unpaired) electrons. The van der Waals surface area contributed by atoms with Gasteiger partial charge in [0.25, 0.3) is 0 Å². The van der Waals surface area contributed by atoms with E-state index in [0.29, 0.717) is 5.75 Å². The summed E-state index contributed by atoms with van der Waals surface area (Å²) in [7, 11) is 1.28. The van der Waals surface area contributed by atoms with E-state index in [4.69, 9.17) is 5.73 Å². The predicted octanol–water partition coefficient (Wildman–Crippen LogP) is 2.34. The second-order valence-electron chi connectivity index (χ2n) is 4.89. The van der Waals surface area contributed by atoms with Crippen LogP contribution in [0.3, 0.4) is 0 Å². The molecule has 2 N–H and O–H groups in total.